The fourth-order valence-corrected chi connectivity index (χ4v) is 0.958. The van der Waals surface area contributed by atoms with Gasteiger partial charge in [-0.25, -0.2) is 0 Å². The average molecular weight is 170 g/mol. The van der Waals surface area contributed by atoms with E-state index in [-0.39, 0.29) is 0 Å². The first kappa shape index (κ1) is 11.7. The summed E-state index contributed by atoms with van der Waals surface area (Å²) in [6, 6.07) is 0. The molecule has 0 amide bonds. The SMILES string of the molecule is CCCC=CCOCCCCC. The van der Waals surface area contributed by atoms with Gasteiger partial charge in [-0.2, -0.15) is 0 Å². The summed E-state index contributed by atoms with van der Waals surface area (Å²) in [6.07, 6.45) is 10.5. The molecular formula is C11H22O. The Hall–Kier alpha value is -0.300. The molecule has 72 valence electrons. The van der Waals surface area contributed by atoms with Crippen molar-refractivity contribution in [1.82, 2.24) is 0 Å². The summed E-state index contributed by atoms with van der Waals surface area (Å²) in [5, 5.41) is 0. The largest absolute Gasteiger partial charge is 0.377 e. The highest BCUT2D eigenvalue weighted by Gasteiger charge is 1.84. The highest BCUT2D eigenvalue weighted by atomic mass is 16.5. The monoisotopic (exact) mass is 170 g/mol. The summed E-state index contributed by atoms with van der Waals surface area (Å²) in [4.78, 5) is 0. The lowest BCUT2D eigenvalue weighted by molar-refractivity contribution is 0.157. The lowest BCUT2D eigenvalue weighted by Crippen LogP contribution is -1.93. The van der Waals surface area contributed by atoms with E-state index in [1.807, 2.05) is 0 Å². The van der Waals surface area contributed by atoms with Gasteiger partial charge in [-0.15, -0.1) is 0 Å². The molecule has 0 aromatic carbocycles. The number of unbranched alkanes of at least 4 members (excludes halogenated alkanes) is 3. The van der Waals surface area contributed by atoms with Crippen molar-refractivity contribution in [1.29, 1.82) is 0 Å². The number of hydrogen-bond acceptors (Lipinski definition) is 1. The molecule has 0 fully saturated rings. The molecule has 0 N–H and O–H groups in total. The molecule has 0 aliphatic heterocycles. The second kappa shape index (κ2) is 10.7. The highest BCUT2D eigenvalue weighted by Crippen LogP contribution is 1.94. The van der Waals surface area contributed by atoms with Gasteiger partial charge in [0.25, 0.3) is 0 Å². The molecule has 0 aliphatic rings. The molecule has 0 rings (SSSR count). The molecule has 0 aromatic heterocycles. The van der Waals surface area contributed by atoms with Crippen molar-refractivity contribution in [2.45, 2.75) is 46.0 Å². The van der Waals surface area contributed by atoms with Crippen molar-refractivity contribution < 1.29 is 4.74 Å². The quantitative estimate of drug-likeness (QED) is 0.400. The average Bonchev–Trinajstić information content (AvgIpc) is 2.10. The Morgan fingerprint density at radius 2 is 1.83 bits per heavy atom. The summed E-state index contributed by atoms with van der Waals surface area (Å²) in [6.45, 7) is 6.11. The maximum absolute atomic E-state index is 5.40. The zero-order chi connectivity index (χ0) is 9.07. The third-order valence-corrected chi connectivity index (χ3v) is 1.73. The zero-order valence-electron chi connectivity index (χ0n) is 8.51. The third-order valence-electron chi connectivity index (χ3n) is 1.73. The van der Waals surface area contributed by atoms with Crippen LogP contribution in [-0.4, -0.2) is 13.2 Å². The molecule has 0 unspecified atom stereocenters. The van der Waals surface area contributed by atoms with Gasteiger partial charge in [-0.3, -0.25) is 0 Å². The van der Waals surface area contributed by atoms with Gasteiger partial charge >= 0.3 is 0 Å². The Bertz CT molecular complexity index is 97.2. The van der Waals surface area contributed by atoms with E-state index in [0.717, 1.165) is 13.2 Å². The second-order valence-electron chi connectivity index (χ2n) is 3.04. The first-order valence-corrected chi connectivity index (χ1v) is 5.14. The molecule has 0 spiro atoms. The smallest absolute Gasteiger partial charge is 0.0647 e. The summed E-state index contributed by atoms with van der Waals surface area (Å²) in [7, 11) is 0. The van der Waals surface area contributed by atoms with Gasteiger partial charge in [0.1, 0.15) is 0 Å². The van der Waals surface area contributed by atoms with Crippen LogP contribution in [0.1, 0.15) is 46.0 Å². The minimum Gasteiger partial charge on any atom is -0.377 e. The molecule has 12 heavy (non-hydrogen) atoms. The van der Waals surface area contributed by atoms with Gasteiger partial charge in [-0.05, 0) is 12.8 Å². The van der Waals surface area contributed by atoms with E-state index in [2.05, 4.69) is 26.0 Å². The van der Waals surface area contributed by atoms with Gasteiger partial charge in [0, 0.05) is 6.61 Å². The predicted octanol–water partition coefficient (Wildman–Crippen LogP) is 3.55. The summed E-state index contributed by atoms with van der Waals surface area (Å²) in [5.74, 6) is 0. The predicted molar refractivity (Wildman–Crippen MR) is 54.4 cm³/mol. The summed E-state index contributed by atoms with van der Waals surface area (Å²) < 4.78 is 5.40. The van der Waals surface area contributed by atoms with Crippen molar-refractivity contribution in [3.05, 3.63) is 12.2 Å². The first-order chi connectivity index (χ1) is 5.91. The molecular weight excluding hydrogens is 148 g/mol. The Morgan fingerprint density at radius 3 is 2.50 bits per heavy atom. The molecule has 1 nitrogen and oxygen atoms in total. The first-order valence-electron chi connectivity index (χ1n) is 5.14. The zero-order valence-corrected chi connectivity index (χ0v) is 8.51. The standard InChI is InChI=1S/C11H22O/c1-3-5-7-9-11-12-10-8-6-4-2/h7,9H,3-6,8,10-11H2,1-2H3. The van der Waals surface area contributed by atoms with Crippen molar-refractivity contribution >= 4 is 0 Å². The molecule has 0 atom stereocenters. The van der Waals surface area contributed by atoms with E-state index in [0.29, 0.717) is 0 Å². The van der Waals surface area contributed by atoms with E-state index < -0.39 is 0 Å². The van der Waals surface area contributed by atoms with Crippen LogP contribution in [0.3, 0.4) is 0 Å². The number of allylic oxidation sites excluding steroid dienone is 1. The van der Waals surface area contributed by atoms with E-state index in [4.69, 9.17) is 4.74 Å². The molecule has 0 saturated carbocycles. The minimum atomic E-state index is 0.795. The number of hydrogen-bond donors (Lipinski definition) is 0. The van der Waals surface area contributed by atoms with Crippen LogP contribution < -0.4 is 0 Å². The Labute approximate surface area is 76.8 Å². The van der Waals surface area contributed by atoms with Crippen LogP contribution in [0.5, 0.6) is 0 Å². The Balaban J connectivity index is 2.90. The van der Waals surface area contributed by atoms with E-state index in [1.54, 1.807) is 0 Å². The van der Waals surface area contributed by atoms with Crippen LogP contribution in [0.25, 0.3) is 0 Å². The number of ether oxygens (including phenoxy) is 1. The fourth-order valence-electron chi connectivity index (χ4n) is 0.958. The van der Waals surface area contributed by atoms with Crippen LogP contribution in [-0.2, 0) is 4.74 Å². The third kappa shape index (κ3) is 9.70. The van der Waals surface area contributed by atoms with Gasteiger partial charge < -0.3 is 4.74 Å². The summed E-state index contributed by atoms with van der Waals surface area (Å²) in [5.41, 5.74) is 0. The van der Waals surface area contributed by atoms with Crippen LogP contribution >= 0.6 is 0 Å². The number of rotatable bonds is 8. The Morgan fingerprint density at radius 1 is 1.00 bits per heavy atom. The summed E-state index contributed by atoms with van der Waals surface area (Å²) >= 11 is 0. The van der Waals surface area contributed by atoms with Gasteiger partial charge in [0.15, 0.2) is 0 Å². The minimum absolute atomic E-state index is 0.795. The molecule has 1 heteroatoms. The van der Waals surface area contributed by atoms with Crippen molar-refractivity contribution in [2.75, 3.05) is 13.2 Å². The van der Waals surface area contributed by atoms with Crippen LogP contribution in [0.4, 0.5) is 0 Å². The molecule has 0 radical (unpaired) electrons. The molecule has 0 saturated heterocycles. The van der Waals surface area contributed by atoms with Crippen LogP contribution in [0.15, 0.2) is 12.2 Å². The van der Waals surface area contributed by atoms with Crippen molar-refractivity contribution in [3.63, 3.8) is 0 Å². The molecule has 0 bridgehead atoms. The molecule has 0 heterocycles. The van der Waals surface area contributed by atoms with E-state index in [1.165, 1.54) is 32.1 Å². The van der Waals surface area contributed by atoms with Gasteiger partial charge in [0.2, 0.25) is 0 Å². The van der Waals surface area contributed by atoms with Crippen LogP contribution in [0, 0.1) is 0 Å². The lowest BCUT2D eigenvalue weighted by Gasteiger charge is -1.98. The molecule has 0 aliphatic carbocycles. The maximum Gasteiger partial charge on any atom is 0.0647 e. The topological polar surface area (TPSA) is 9.23 Å². The van der Waals surface area contributed by atoms with E-state index >= 15 is 0 Å². The lowest BCUT2D eigenvalue weighted by atomic mass is 10.3. The normalized spacial score (nSPS) is 11.2. The van der Waals surface area contributed by atoms with Crippen LogP contribution in [0.2, 0.25) is 0 Å². The van der Waals surface area contributed by atoms with Gasteiger partial charge in [-0.1, -0.05) is 45.3 Å². The Kier molecular flexibility index (Phi) is 10.4. The van der Waals surface area contributed by atoms with E-state index in [9.17, 15) is 0 Å². The van der Waals surface area contributed by atoms with Crippen molar-refractivity contribution in [2.24, 2.45) is 0 Å². The highest BCUT2D eigenvalue weighted by molar-refractivity contribution is 4.80. The second-order valence-corrected chi connectivity index (χ2v) is 3.04. The van der Waals surface area contributed by atoms with Gasteiger partial charge in [0.05, 0.1) is 6.61 Å². The molecule has 0 aromatic rings. The fraction of sp³-hybridized carbons (Fsp3) is 0.818. The van der Waals surface area contributed by atoms with Crippen molar-refractivity contribution in [3.8, 4) is 0 Å². The maximum atomic E-state index is 5.40.